The van der Waals surface area contributed by atoms with Crippen LogP contribution in [0.5, 0.6) is 0 Å². The summed E-state index contributed by atoms with van der Waals surface area (Å²) in [5, 5.41) is 0. The van der Waals surface area contributed by atoms with E-state index in [0.717, 1.165) is 57.5 Å². The van der Waals surface area contributed by atoms with Crippen LogP contribution in [0.25, 0.3) is 0 Å². The molecule has 2 heterocycles. The van der Waals surface area contributed by atoms with Crippen LogP contribution in [0.3, 0.4) is 0 Å². The molecule has 2 aromatic rings. The first-order valence-corrected chi connectivity index (χ1v) is 11.5. The van der Waals surface area contributed by atoms with Gasteiger partial charge >= 0.3 is 0 Å². The Balaban J connectivity index is 1.32. The van der Waals surface area contributed by atoms with E-state index >= 15 is 0 Å². The lowest BCUT2D eigenvalue weighted by molar-refractivity contribution is -0.141. The summed E-state index contributed by atoms with van der Waals surface area (Å²) < 4.78 is 0. The second-order valence-corrected chi connectivity index (χ2v) is 8.85. The van der Waals surface area contributed by atoms with E-state index in [1.807, 2.05) is 28.0 Å². The number of hydrogen-bond acceptors (Lipinski definition) is 3. The van der Waals surface area contributed by atoms with Crippen molar-refractivity contribution in [1.82, 2.24) is 9.80 Å². The highest BCUT2D eigenvalue weighted by Gasteiger charge is 2.31. The predicted molar refractivity (Wildman–Crippen MR) is 124 cm³/mol. The third-order valence-electron chi connectivity index (χ3n) is 6.53. The van der Waals surface area contributed by atoms with Crippen molar-refractivity contribution in [3.05, 3.63) is 65.7 Å². The minimum atomic E-state index is -0.187. The fourth-order valence-electron chi connectivity index (χ4n) is 4.71. The predicted octanol–water partition coefficient (Wildman–Crippen LogP) is 3.86. The summed E-state index contributed by atoms with van der Waals surface area (Å²) in [5.41, 5.74) is 3.63. The summed E-state index contributed by atoms with van der Waals surface area (Å²) >= 11 is 0. The van der Waals surface area contributed by atoms with Gasteiger partial charge in [-0.25, -0.2) is 0 Å². The van der Waals surface area contributed by atoms with Crippen molar-refractivity contribution in [1.29, 1.82) is 0 Å². The van der Waals surface area contributed by atoms with Gasteiger partial charge in [-0.3, -0.25) is 9.59 Å². The molecule has 0 radical (unpaired) electrons. The molecule has 164 valence electrons. The molecule has 2 aliphatic heterocycles. The van der Waals surface area contributed by atoms with Gasteiger partial charge in [0.2, 0.25) is 11.8 Å². The first-order chi connectivity index (χ1) is 15.1. The highest BCUT2D eigenvalue weighted by atomic mass is 16.2. The minimum absolute atomic E-state index is 0.129. The molecule has 2 aromatic carbocycles. The maximum absolute atomic E-state index is 13.2. The van der Waals surface area contributed by atoms with Gasteiger partial charge in [0.25, 0.3) is 0 Å². The molecule has 2 fully saturated rings. The molecule has 2 aliphatic rings. The van der Waals surface area contributed by atoms with E-state index < -0.39 is 0 Å². The number of hydrogen-bond donors (Lipinski definition) is 0. The van der Waals surface area contributed by atoms with E-state index in [9.17, 15) is 9.59 Å². The van der Waals surface area contributed by atoms with Crippen molar-refractivity contribution >= 4 is 17.5 Å². The van der Waals surface area contributed by atoms with Crippen molar-refractivity contribution < 1.29 is 9.59 Å². The summed E-state index contributed by atoms with van der Waals surface area (Å²) in [7, 11) is 0. The Bertz CT molecular complexity index is 891. The molecule has 0 aliphatic carbocycles. The lowest BCUT2D eigenvalue weighted by Crippen LogP contribution is -2.49. The quantitative estimate of drug-likeness (QED) is 0.739. The highest BCUT2D eigenvalue weighted by Crippen LogP contribution is 2.24. The molecule has 0 saturated carbocycles. The van der Waals surface area contributed by atoms with Crippen molar-refractivity contribution in [2.45, 2.75) is 39.2 Å². The maximum Gasteiger partial charge on any atom is 0.226 e. The number of aryl methyl sites for hydroxylation is 1. The summed E-state index contributed by atoms with van der Waals surface area (Å²) in [6, 6.07) is 18.7. The van der Waals surface area contributed by atoms with Crippen LogP contribution in [-0.2, 0) is 16.1 Å². The lowest BCUT2D eigenvalue weighted by Gasteiger charge is -2.37. The zero-order valence-electron chi connectivity index (χ0n) is 18.5. The van der Waals surface area contributed by atoms with Gasteiger partial charge in [0, 0.05) is 57.3 Å². The third kappa shape index (κ3) is 5.46. The van der Waals surface area contributed by atoms with Crippen LogP contribution in [0.15, 0.2) is 54.6 Å². The molecule has 0 aromatic heterocycles. The number of nitrogens with zero attached hydrogens (tertiary/aromatic N) is 3. The Hall–Kier alpha value is -2.82. The molecule has 1 unspecified atom stereocenters. The number of piperazine rings is 1. The molecule has 1 atom stereocenters. The molecule has 0 spiro atoms. The highest BCUT2D eigenvalue weighted by molar-refractivity contribution is 5.86. The second-order valence-electron chi connectivity index (χ2n) is 8.85. The minimum Gasteiger partial charge on any atom is -0.368 e. The van der Waals surface area contributed by atoms with E-state index in [1.165, 1.54) is 11.3 Å². The Morgan fingerprint density at radius 3 is 2.45 bits per heavy atom. The topological polar surface area (TPSA) is 43.9 Å². The summed E-state index contributed by atoms with van der Waals surface area (Å²) in [5.74, 6) is 0.0883. The maximum atomic E-state index is 13.2. The molecular formula is C26H33N3O2. The van der Waals surface area contributed by atoms with Crippen LogP contribution in [0.4, 0.5) is 5.69 Å². The van der Waals surface area contributed by atoms with Gasteiger partial charge in [-0.05, 0) is 43.0 Å². The van der Waals surface area contributed by atoms with E-state index in [1.54, 1.807) is 0 Å². The molecule has 31 heavy (non-hydrogen) atoms. The smallest absolute Gasteiger partial charge is 0.226 e. The van der Waals surface area contributed by atoms with E-state index in [-0.39, 0.29) is 17.7 Å². The van der Waals surface area contributed by atoms with Crippen molar-refractivity contribution in [2.24, 2.45) is 5.92 Å². The van der Waals surface area contributed by atoms with Gasteiger partial charge < -0.3 is 14.7 Å². The van der Waals surface area contributed by atoms with Crippen LogP contribution < -0.4 is 4.90 Å². The van der Waals surface area contributed by atoms with Crippen molar-refractivity contribution in [2.75, 3.05) is 37.6 Å². The van der Waals surface area contributed by atoms with Gasteiger partial charge in [-0.2, -0.15) is 0 Å². The Morgan fingerprint density at radius 2 is 1.71 bits per heavy atom. The number of amides is 2. The number of anilines is 1. The molecule has 0 bridgehead atoms. The number of rotatable bonds is 5. The number of benzene rings is 2. The standard InChI is InChI=1S/C26H33N3O2/c1-21-8-7-12-24(18-21)27-14-16-28(17-15-27)25(30)19-23-11-5-6-13-29(26(23)31)20-22-9-3-2-4-10-22/h2-4,7-10,12,18,23H,5-6,11,13-17,19-20H2,1H3. The van der Waals surface area contributed by atoms with Crippen LogP contribution in [0, 0.1) is 12.8 Å². The molecule has 2 amide bonds. The largest absolute Gasteiger partial charge is 0.368 e. The first-order valence-electron chi connectivity index (χ1n) is 11.5. The SMILES string of the molecule is Cc1cccc(N2CCN(C(=O)CC3CCCCN(Cc4ccccc4)C3=O)CC2)c1. The van der Waals surface area contributed by atoms with Gasteiger partial charge in [0.15, 0.2) is 0 Å². The van der Waals surface area contributed by atoms with E-state index in [0.29, 0.717) is 13.0 Å². The fraction of sp³-hybridized carbons (Fsp3) is 0.462. The third-order valence-corrected chi connectivity index (χ3v) is 6.53. The summed E-state index contributed by atoms with van der Waals surface area (Å²) in [4.78, 5) is 32.5. The fourth-order valence-corrected chi connectivity index (χ4v) is 4.71. The molecule has 2 saturated heterocycles. The van der Waals surface area contributed by atoms with Crippen molar-refractivity contribution in [3.63, 3.8) is 0 Å². The molecule has 0 N–H and O–H groups in total. The number of carbonyl (C=O) groups excluding carboxylic acids is 2. The van der Waals surface area contributed by atoms with Crippen LogP contribution in [0.2, 0.25) is 0 Å². The van der Waals surface area contributed by atoms with Gasteiger partial charge in [0.05, 0.1) is 0 Å². The first kappa shape index (κ1) is 21.4. The molecule has 5 nitrogen and oxygen atoms in total. The number of likely N-dealkylation sites (tertiary alicyclic amines) is 1. The summed E-state index contributed by atoms with van der Waals surface area (Å²) in [6.45, 7) is 6.66. The Morgan fingerprint density at radius 1 is 0.935 bits per heavy atom. The van der Waals surface area contributed by atoms with Crippen LogP contribution in [-0.4, -0.2) is 54.3 Å². The van der Waals surface area contributed by atoms with Gasteiger partial charge in [-0.15, -0.1) is 0 Å². The zero-order chi connectivity index (χ0) is 21.6. The van der Waals surface area contributed by atoms with Gasteiger partial charge in [-0.1, -0.05) is 48.9 Å². The molecule has 4 rings (SSSR count). The van der Waals surface area contributed by atoms with E-state index in [4.69, 9.17) is 0 Å². The Kier molecular flexibility index (Phi) is 6.90. The van der Waals surface area contributed by atoms with Crippen LogP contribution in [0.1, 0.15) is 36.8 Å². The Labute approximate surface area is 185 Å². The monoisotopic (exact) mass is 419 g/mol. The average molecular weight is 420 g/mol. The summed E-state index contributed by atoms with van der Waals surface area (Å²) in [6.07, 6.45) is 3.18. The van der Waals surface area contributed by atoms with Gasteiger partial charge in [0.1, 0.15) is 0 Å². The second kappa shape index (κ2) is 9.99. The van der Waals surface area contributed by atoms with E-state index in [2.05, 4.69) is 48.2 Å². The van der Waals surface area contributed by atoms with Crippen LogP contribution >= 0.6 is 0 Å². The molecule has 5 heteroatoms. The molecular weight excluding hydrogens is 386 g/mol. The average Bonchev–Trinajstić information content (AvgIpc) is 2.96. The normalized spacial score (nSPS) is 20.0. The van der Waals surface area contributed by atoms with Crippen molar-refractivity contribution in [3.8, 4) is 0 Å². The zero-order valence-corrected chi connectivity index (χ0v) is 18.5. The lowest BCUT2D eigenvalue weighted by atomic mass is 9.97. The number of carbonyl (C=O) groups is 2.